The second-order valence-electron chi connectivity index (χ2n) is 18.3. The van der Waals surface area contributed by atoms with Crippen LogP contribution in [0.1, 0.15) is 26.3 Å². The highest BCUT2D eigenvalue weighted by atomic mass is 16.5. The van der Waals surface area contributed by atoms with Crippen molar-refractivity contribution in [1.82, 2.24) is 14.1 Å². The van der Waals surface area contributed by atoms with E-state index in [-0.39, 0.29) is 12.4 Å². The fourth-order valence-electron chi connectivity index (χ4n) is 10.3. The van der Waals surface area contributed by atoms with Crippen LogP contribution >= 0.6 is 0 Å². The summed E-state index contributed by atoms with van der Waals surface area (Å²) in [5.74, 6) is 2.40. The first-order chi connectivity index (χ1) is 32.4. The topological polar surface area (TPSA) is 42.3 Å². The van der Waals surface area contributed by atoms with Gasteiger partial charge in [-0.15, -0.1) is 0 Å². The monoisotopic (exact) mass is 850 g/mol. The Morgan fingerprint density at radius 1 is 0.545 bits per heavy atom. The van der Waals surface area contributed by atoms with Crippen LogP contribution in [-0.4, -0.2) is 21.1 Å². The van der Waals surface area contributed by atoms with E-state index in [1.807, 2.05) is 18.3 Å². The van der Waals surface area contributed by atoms with Crippen LogP contribution in [0, 0.1) is 6.33 Å². The lowest BCUT2D eigenvalue weighted by Crippen LogP contribution is -2.55. The van der Waals surface area contributed by atoms with E-state index < -0.39 is 0 Å². The molecule has 0 amide bonds. The molecule has 2 aliphatic rings. The lowest BCUT2D eigenvalue weighted by molar-refractivity contribution is -0.571. The number of hydrogen-bond donors (Lipinski definition) is 0. The second-order valence-corrected chi connectivity index (χ2v) is 18.3. The van der Waals surface area contributed by atoms with Gasteiger partial charge in [0.25, 0.3) is 6.33 Å². The molecule has 0 radical (unpaired) electrons. The molecule has 2 aliphatic heterocycles. The van der Waals surface area contributed by atoms with Crippen molar-refractivity contribution < 1.29 is 9.30 Å². The molecule has 0 unspecified atom stereocenters. The van der Waals surface area contributed by atoms with E-state index in [1.165, 1.54) is 38.6 Å². The Bertz CT molecular complexity index is 3720. The van der Waals surface area contributed by atoms with Crippen molar-refractivity contribution in [2.24, 2.45) is 0 Å². The minimum atomic E-state index is -0.166. The third kappa shape index (κ3) is 5.84. The first-order valence-electron chi connectivity index (χ1n) is 22.6. The summed E-state index contributed by atoms with van der Waals surface area (Å²) < 4.78 is 13.7. The summed E-state index contributed by atoms with van der Waals surface area (Å²) in [5.41, 5.74) is 15.4. The number of benzene rings is 8. The quantitative estimate of drug-likeness (QED) is 0.0949. The minimum absolute atomic E-state index is 0.142. The molecule has 0 saturated carbocycles. The van der Waals surface area contributed by atoms with Crippen molar-refractivity contribution in [2.75, 3.05) is 9.62 Å². The molecule has 11 aromatic rings. The van der Waals surface area contributed by atoms with Crippen LogP contribution in [0.3, 0.4) is 0 Å². The van der Waals surface area contributed by atoms with Gasteiger partial charge < -0.3 is 18.9 Å². The number of pyridine rings is 1. The molecule has 8 heteroatoms. The third-order valence-corrected chi connectivity index (χ3v) is 13.3. The number of anilines is 4. The molecule has 0 atom stereocenters. The molecular weight excluding hydrogens is 807 g/mol. The third-order valence-electron chi connectivity index (χ3n) is 13.3. The van der Waals surface area contributed by atoms with Crippen LogP contribution in [0.5, 0.6) is 11.5 Å². The minimum Gasteiger partial charge on any atom is -0.458 e. The zero-order valence-corrected chi connectivity index (χ0v) is 36.8. The van der Waals surface area contributed by atoms with Gasteiger partial charge in [-0.2, -0.15) is 0 Å². The molecule has 0 fully saturated rings. The number of imidazole rings is 1. The van der Waals surface area contributed by atoms with Crippen molar-refractivity contribution in [3.8, 4) is 39.7 Å². The molecule has 0 bridgehead atoms. The average molecular weight is 851 g/mol. The highest BCUT2D eigenvalue weighted by Crippen LogP contribution is 2.51. The van der Waals surface area contributed by atoms with Gasteiger partial charge in [0.05, 0.1) is 39.1 Å². The van der Waals surface area contributed by atoms with Crippen molar-refractivity contribution in [3.05, 3.63) is 218 Å². The lowest BCUT2D eigenvalue weighted by atomic mass is 9.59. The Labute approximate surface area is 383 Å². The fourth-order valence-corrected chi connectivity index (χ4v) is 10.3. The van der Waals surface area contributed by atoms with E-state index in [1.54, 1.807) is 0 Å². The Hall–Kier alpha value is -8.36. The molecule has 3 aromatic heterocycles. The molecule has 7 nitrogen and oxygen atoms in total. The van der Waals surface area contributed by atoms with Gasteiger partial charge in [0, 0.05) is 45.7 Å². The predicted octanol–water partition coefficient (Wildman–Crippen LogP) is 13.0. The molecule has 5 heterocycles. The number of ether oxygens (including phenoxy) is 1. The second kappa shape index (κ2) is 14.6. The summed E-state index contributed by atoms with van der Waals surface area (Å²) in [5, 5.41) is 2.40. The molecule has 13 rings (SSSR count). The van der Waals surface area contributed by atoms with Gasteiger partial charge in [0.2, 0.25) is 0 Å². The molecule has 0 aliphatic carbocycles. The normalized spacial score (nSPS) is 13.0. The van der Waals surface area contributed by atoms with Crippen LogP contribution in [0.4, 0.5) is 22.9 Å². The summed E-state index contributed by atoms with van der Waals surface area (Å²) in [6.45, 7) is 6.63. The maximum absolute atomic E-state index is 6.99. The van der Waals surface area contributed by atoms with E-state index >= 15 is 0 Å². The summed E-state index contributed by atoms with van der Waals surface area (Å²) >= 11 is 0. The Kier molecular flexibility index (Phi) is 8.43. The van der Waals surface area contributed by atoms with Gasteiger partial charge in [-0.05, 0) is 94.8 Å². The van der Waals surface area contributed by atoms with Crippen LogP contribution in [0.25, 0.3) is 61.0 Å². The van der Waals surface area contributed by atoms with Gasteiger partial charge >= 0.3 is 6.98 Å². The maximum Gasteiger partial charge on any atom is 0.422 e. The number of hydrogen-bond acceptors (Lipinski definition) is 4. The van der Waals surface area contributed by atoms with E-state index in [9.17, 15) is 0 Å². The van der Waals surface area contributed by atoms with E-state index in [4.69, 9.17) is 9.72 Å². The Morgan fingerprint density at radius 2 is 1.24 bits per heavy atom. The zero-order chi connectivity index (χ0) is 44.1. The lowest BCUT2D eigenvalue weighted by Gasteiger charge is -2.36. The summed E-state index contributed by atoms with van der Waals surface area (Å²) in [4.78, 5) is 9.90. The molecule has 314 valence electrons. The van der Waals surface area contributed by atoms with Gasteiger partial charge in [0.1, 0.15) is 17.3 Å². The number of rotatable bonds is 6. The Morgan fingerprint density at radius 3 is 2.12 bits per heavy atom. The first-order valence-corrected chi connectivity index (χ1v) is 22.6. The van der Waals surface area contributed by atoms with Gasteiger partial charge in [-0.3, -0.25) is 9.13 Å². The van der Waals surface area contributed by atoms with Crippen LogP contribution < -0.4 is 24.4 Å². The molecule has 0 N–H and O–H groups in total. The van der Waals surface area contributed by atoms with Gasteiger partial charge in [-0.25, -0.2) is 4.98 Å². The van der Waals surface area contributed by atoms with E-state index in [0.29, 0.717) is 0 Å². The van der Waals surface area contributed by atoms with Crippen LogP contribution in [0.15, 0.2) is 206 Å². The van der Waals surface area contributed by atoms with E-state index in [0.717, 1.165) is 67.8 Å². The fraction of sp³-hybridized carbons (Fsp3) is 0.0690. The first kappa shape index (κ1) is 38.1. The van der Waals surface area contributed by atoms with Gasteiger partial charge in [0.15, 0.2) is 0 Å². The maximum atomic E-state index is 6.99. The predicted molar refractivity (Wildman–Crippen MR) is 269 cm³/mol. The van der Waals surface area contributed by atoms with Crippen molar-refractivity contribution >= 4 is 68.2 Å². The standard InChI is InChI=1S/C58H43BN6O/c1-58(2,3)39-34-42(64-57-55(32-17-33-60-57)65-51-28-12-9-23-46(51)45-22-7-10-26-49(45)59(64)65)37-44(35-39)66-43-21-15-20-41(36-43)61-38-62(53-30-14-13-29-52(53)61)54-31-16-25-48-47-24-8-11-27-50(47)63(56(48)54)40-18-5-4-6-19-40/h4-37H,1-3H3. The summed E-state index contributed by atoms with van der Waals surface area (Å²) in [7, 11) is 0. The average Bonchev–Trinajstić information content (AvgIpc) is 4.03. The number of fused-ring (bicyclic) bond motifs is 12. The molecule has 0 saturated heterocycles. The largest absolute Gasteiger partial charge is 0.458 e. The van der Waals surface area contributed by atoms with Crippen molar-refractivity contribution in [1.29, 1.82) is 0 Å². The molecule has 8 aromatic carbocycles. The smallest absolute Gasteiger partial charge is 0.422 e. The Balaban J connectivity index is 0.928. The van der Waals surface area contributed by atoms with Crippen LogP contribution in [0.2, 0.25) is 0 Å². The summed E-state index contributed by atoms with van der Waals surface area (Å²) in [6, 6.07) is 71.1. The number of para-hydroxylation sites is 6. The molecule has 0 spiro atoms. The zero-order valence-electron chi connectivity index (χ0n) is 36.8. The van der Waals surface area contributed by atoms with Crippen LogP contribution in [-0.2, 0) is 5.41 Å². The highest BCUT2D eigenvalue weighted by Gasteiger charge is 2.48. The molecular formula is C58H43BN6O. The molecule has 66 heavy (non-hydrogen) atoms. The van der Waals surface area contributed by atoms with E-state index in [2.05, 4.69) is 238 Å². The SMILES string of the molecule is CC(C)(C)c1cc(Oc2cccc(-n3[c-][n+](-c4cccc5c6ccccc6n(-c6ccccc6)c45)c4ccccc43)c2)cc(N2B3c4ccccc4-c4ccccc4N3c3cccnc32)c1. The van der Waals surface area contributed by atoms with Gasteiger partial charge in [-0.1, -0.05) is 142 Å². The number of aromatic nitrogens is 4. The number of nitrogens with zero attached hydrogens (tertiary/aromatic N) is 6. The van der Waals surface area contributed by atoms with Crippen molar-refractivity contribution in [3.63, 3.8) is 0 Å². The highest BCUT2D eigenvalue weighted by molar-refractivity contribution is 6.86. The van der Waals surface area contributed by atoms with Crippen molar-refractivity contribution in [2.45, 2.75) is 26.2 Å². The summed E-state index contributed by atoms with van der Waals surface area (Å²) in [6.07, 6.45) is 5.70.